The van der Waals surface area contributed by atoms with Gasteiger partial charge in [-0.2, -0.15) is 5.10 Å². The maximum Gasteiger partial charge on any atom is 0.290 e. The highest BCUT2D eigenvalue weighted by atomic mass is 16.3. The van der Waals surface area contributed by atoms with Crippen molar-refractivity contribution in [1.82, 2.24) is 19.6 Å². The van der Waals surface area contributed by atoms with Crippen LogP contribution >= 0.6 is 0 Å². The number of carbonyl (C=O) groups excluding carboxylic acids is 1. The first kappa shape index (κ1) is 21.0. The molecule has 0 spiro atoms. The van der Waals surface area contributed by atoms with Gasteiger partial charge in [0, 0.05) is 37.5 Å². The van der Waals surface area contributed by atoms with Crippen molar-refractivity contribution in [2.24, 2.45) is 7.05 Å². The molecular formula is C21H28N4O4. The van der Waals surface area contributed by atoms with Gasteiger partial charge in [-0.25, -0.2) is 0 Å². The van der Waals surface area contributed by atoms with Crippen LogP contribution in [0.3, 0.4) is 0 Å². The Labute approximate surface area is 170 Å². The van der Waals surface area contributed by atoms with Crippen LogP contribution in [0.15, 0.2) is 36.7 Å². The Morgan fingerprint density at radius 1 is 1.17 bits per heavy atom. The van der Waals surface area contributed by atoms with E-state index in [1.54, 1.807) is 15.8 Å². The molecule has 2 fully saturated rings. The lowest BCUT2D eigenvalue weighted by molar-refractivity contribution is -0.122. The molecule has 0 unspecified atom stereocenters. The van der Waals surface area contributed by atoms with Gasteiger partial charge in [-0.05, 0) is 43.6 Å². The van der Waals surface area contributed by atoms with Crippen LogP contribution in [0.4, 0.5) is 0 Å². The highest BCUT2D eigenvalue weighted by molar-refractivity contribution is 5.95. The lowest BCUT2D eigenvalue weighted by Gasteiger charge is -2.33. The average molecular weight is 400 g/mol. The van der Waals surface area contributed by atoms with Crippen molar-refractivity contribution in [2.75, 3.05) is 26.2 Å². The Bertz CT molecular complexity index is 832. The summed E-state index contributed by atoms with van der Waals surface area (Å²) in [5.41, 5.74) is 2.64. The van der Waals surface area contributed by atoms with Gasteiger partial charge >= 0.3 is 0 Å². The molecule has 1 aromatic heterocycles. The summed E-state index contributed by atoms with van der Waals surface area (Å²) in [5, 5.41) is 21.6. The van der Waals surface area contributed by atoms with E-state index in [4.69, 9.17) is 9.90 Å². The molecule has 2 aliphatic rings. The molecule has 2 N–H and O–H groups in total. The predicted molar refractivity (Wildman–Crippen MR) is 108 cm³/mol. The van der Waals surface area contributed by atoms with Gasteiger partial charge in [0.25, 0.3) is 12.4 Å². The predicted octanol–water partition coefficient (Wildman–Crippen LogP) is 1.46. The van der Waals surface area contributed by atoms with Gasteiger partial charge in [-0.15, -0.1) is 0 Å². The SMILES string of the molecule is Cn1cc(-c2cccc(C(=O)N3C[C@H](O)[C@@H](N4CCCCC4)C3)c2)cn1.O=CO. The fraction of sp³-hybridized carbons (Fsp3) is 0.476. The summed E-state index contributed by atoms with van der Waals surface area (Å²) >= 11 is 0. The highest BCUT2D eigenvalue weighted by Gasteiger charge is 2.38. The lowest BCUT2D eigenvalue weighted by Crippen LogP contribution is -2.46. The van der Waals surface area contributed by atoms with Crippen LogP contribution in [0, 0.1) is 0 Å². The second-order valence-electron chi connectivity index (χ2n) is 7.53. The van der Waals surface area contributed by atoms with Gasteiger partial charge in [-0.3, -0.25) is 19.2 Å². The number of likely N-dealkylation sites (tertiary alicyclic amines) is 2. The minimum atomic E-state index is -0.460. The molecule has 8 heteroatoms. The van der Waals surface area contributed by atoms with Gasteiger partial charge in [0.2, 0.25) is 0 Å². The first-order valence-electron chi connectivity index (χ1n) is 9.92. The number of carboxylic acid groups (broad SMARTS) is 1. The number of benzene rings is 1. The molecule has 4 rings (SSSR count). The highest BCUT2D eigenvalue weighted by Crippen LogP contribution is 2.24. The van der Waals surface area contributed by atoms with Gasteiger partial charge in [0.05, 0.1) is 18.3 Å². The molecule has 0 radical (unpaired) electrons. The van der Waals surface area contributed by atoms with Crippen molar-refractivity contribution < 1.29 is 19.8 Å². The van der Waals surface area contributed by atoms with Crippen LogP contribution in [0.25, 0.3) is 11.1 Å². The smallest absolute Gasteiger partial charge is 0.290 e. The summed E-state index contributed by atoms with van der Waals surface area (Å²) in [6, 6.07) is 7.73. The molecule has 2 atom stereocenters. The van der Waals surface area contributed by atoms with Gasteiger partial charge in [0.1, 0.15) is 0 Å². The first-order valence-corrected chi connectivity index (χ1v) is 9.92. The van der Waals surface area contributed by atoms with E-state index >= 15 is 0 Å². The summed E-state index contributed by atoms with van der Waals surface area (Å²) in [6.45, 7) is 2.83. The molecule has 2 aliphatic heterocycles. The largest absolute Gasteiger partial charge is 0.483 e. The van der Waals surface area contributed by atoms with E-state index in [-0.39, 0.29) is 18.4 Å². The second-order valence-corrected chi connectivity index (χ2v) is 7.53. The summed E-state index contributed by atoms with van der Waals surface area (Å²) in [5.74, 6) is -0.00528. The van der Waals surface area contributed by atoms with Gasteiger partial charge < -0.3 is 15.1 Å². The minimum Gasteiger partial charge on any atom is -0.483 e. The molecule has 0 bridgehead atoms. The minimum absolute atomic E-state index is 0.00528. The molecule has 2 aromatic rings. The maximum absolute atomic E-state index is 13.0. The summed E-state index contributed by atoms with van der Waals surface area (Å²) in [6.07, 6.45) is 6.92. The molecular weight excluding hydrogens is 372 g/mol. The third-order valence-electron chi connectivity index (χ3n) is 5.55. The molecule has 3 heterocycles. The number of aryl methyl sites for hydroxylation is 1. The van der Waals surface area contributed by atoms with E-state index in [2.05, 4.69) is 10.00 Å². The fourth-order valence-electron chi connectivity index (χ4n) is 4.13. The number of aliphatic hydroxyl groups excluding tert-OH is 1. The summed E-state index contributed by atoms with van der Waals surface area (Å²) in [4.78, 5) is 25.5. The number of carbonyl (C=O) groups is 2. The molecule has 8 nitrogen and oxygen atoms in total. The van der Waals surface area contributed by atoms with E-state index in [1.807, 2.05) is 37.5 Å². The third kappa shape index (κ3) is 5.02. The molecule has 0 aliphatic carbocycles. The third-order valence-corrected chi connectivity index (χ3v) is 5.55. The van der Waals surface area contributed by atoms with Crippen LogP contribution in [0.2, 0.25) is 0 Å². The number of nitrogens with zero attached hydrogens (tertiary/aromatic N) is 4. The van der Waals surface area contributed by atoms with Crippen LogP contribution in [0.1, 0.15) is 29.6 Å². The zero-order valence-electron chi connectivity index (χ0n) is 16.6. The summed E-state index contributed by atoms with van der Waals surface area (Å²) < 4.78 is 1.75. The van der Waals surface area contributed by atoms with Crippen molar-refractivity contribution in [2.45, 2.75) is 31.4 Å². The number of amides is 1. The van der Waals surface area contributed by atoms with E-state index in [0.29, 0.717) is 18.7 Å². The van der Waals surface area contributed by atoms with E-state index in [1.165, 1.54) is 19.3 Å². The molecule has 1 aromatic carbocycles. The van der Waals surface area contributed by atoms with E-state index in [0.717, 1.165) is 24.2 Å². The molecule has 29 heavy (non-hydrogen) atoms. The number of aliphatic hydroxyl groups is 1. The first-order chi connectivity index (χ1) is 14.0. The Morgan fingerprint density at radius 3 is 2.55 bits per heavy atom. The quantitative estimate of drug-likeness (QED) is 0.757. The molecule has 156 valence electrons. The number of hydrogen-bond donors (Lipinski definition) is 2. The Morgan fingerprint density at radius 2 is 1.90 bits per heavy atom. The standard InChI is InChI=1S/C20H26N4O2.CH2O2/c1-22-12-17(11-21-22)15-6-5-7-16(10-15)20(26)24-13-18(19(25)14-24)23-8-3-2-4-9-23;2-1-3/h5-7,10-12,18-19,25H,2-4,8-9,13-14H2,1H3;1H,(H,2,3)/t18-,19-;/m0./s1. The Kier molecular flexibility index (Phi) is 7.00. The number of rotatable bonds is 3. The summed E-state index contributed by atoms with van der Waals surface area (Å²) in [7, 11) is 1.88. The van der Waals surface area contributed by atoms with Crippen molar-refractivity contribution in [3.63, 3.8) is 0 Å². The van der Waals surface area contributed by atoms with Crippen molar-refractivity contribution in [3.05, 3.63) is 42.2 Å². The number of piperidine rings is 1. The van der Waals surface area contributed by atoms with Crippen LogP contribution in [-0.2, 0) is 11.8 Å². The van der Waals surface area contributed by atoms with Crippen molar-refractivity contribution in [1.29, 1.82) is 0 Å². The van der Waals surface area contributed by atoms with Gasteiger partial charge in [0.15, 0.2) is 0 Å². The zero-order chi connectivity index (χ0) is 20.8. The van der Waals surface area contributed by atoms with E-state index in [9.17, 15) is 9.90 Å². The Hall–Kier alpha value is -2.71. The topological polar surface area (TPSA) is 98.9 Å². The number of aromatic nitrogens is 2. The lowest BCUT2D eigenvalue weighted by atomic mass is 10.1. The second kappa shape index (κ2) is 9.67. The van der Waals surface area contributed by atoms with Crippen LogP contribution < -0.4 is 0 Å². The maximum atomic E-state index is 13.0. The number of β-amino-alcohol motifs (C(OH)–C–C–N with tert-alkyl or cyclic N) is 1. The molecule has 1 amide bonds. The average Bonchev–Trinajstić information content (AvgIpc) is 3.34. The Balaban J connectivity index is 0.000000755. The zero-order valence-corrected chi connectivity index (χ0v) is 16.6. The molecule has 2 saturated heterocycles. The fourth-order valence-corrected chi connectivity index (χ4v) is 4.13. The van der Waals surface area contributed by atoms with Crippen LogP contribution in [-0.4, -0.2) is 80.5 Å². The van der Waals surface area contributed by atoms with Crippen molar-refractivity contribution >= 4 is 12.4 Å². The van der Waals surface area contributed by atoms with E-state index < -0.39 is 6.10 Å². The van der Waals surface area contributed by atoms with Crippen molar-refractivity contribution in [3.8, 4) is 11.1 Å². The van der Waals surface area contributed by atoms with Crippen LogP contribution in [0.5, 0.6) is 0 Å². The normalized spacial score (nSPS) is 22.1. The monoisotopic (exact) mass is 400 g/mol. The van der Waals surface area contributed by atoms with Gasteiger partial charge in [-0.1, -0.05) is 18.6 Å². The molecule has 0 saturated carbocycles. The number of hydrogen-bond acceptors (Lipinski definition) is 5.